The second-order valence-electron chi connectivity index (χ2n) is 7.35. The van der Waals surface area contributed by atoms with Gasteiger partial charge in [0, 0.05) is 12.5 Å². The minimum atomic E-state index is -0.864. The summed E-state index contributed by atoms with van der Waals surface area (Å²) >= 11 is 0. The second-order valence-corrected chi connectivity index (χ2v) is 7.35. The van der Waals surface area contributed by atoms with Crippen LogP contribution in [0.4, 0.5) is 0 Å². The lowest BCUT2D eigenvalue weighted by Crippen LogP contribution is -2.36. The highest BCUT2D eigenvalue weighted by atomic mass is 16.5. The van der Waals surface area contributed by atoms with E-state index in [1.165, 1.54) is 6.92 Å². The molecule has 7 heteroatoms. The van der Waals surface area contributed by atoms with Crippen LogP contribution >= 0.6 is 0 Å². The average molecular weight is 391 g/mol. The van der Waals surface area contributed by atoms with Gasteiger partial charge >= 0.3 is 0 Å². The highest BCUT2D eigenvalue weighted by molar-refractivity contribution is 5.82. The quantitative estimate of drug-likeness (QED) is 0.724. The predicted octanol–water partition coefficient (Wildman–Crippen LogP) is 1.82. The molecule has 0 heterocycles. The van der Waals surface area contributed by atoms with Crippen molar-refractivity contribution >= 4 is 11.5 Å². The molecule has 1 amide bonds. The van der Waals surface area contributed by atoms with E-state index in [0.717, 1.165) is 22.3 Å². The van der Waals surface area contributed by atoms with E-state index in [1.54, 1.807) is 21.3 Å². The van der Waals surface area contributed by atoms with E-state index in [4.69, 9.17) is 14.2 Å². The van der Waals surface area contributed by atoms with Gasteiger partial charge in [0.05, 0.1) is 39.6 Å². The van der Waals surface area contributed by atoms with E-state index < -0.39 is 12.2 Å². The van der Waals surface area contributed by atoms with Gasteiger partial charge in [0.15, 0.2) is 11.5 Å². The van der Waals surface area contributed by atoms with Crippen molar-refractivity contribution in [1.29, 1.82) is 0 Å². The Labute approximate surface area is 165 Å². The minimum absolute atomic E-state index is 0.121. The van der Waals surface area contributed by atoms with Crippen LogP contribution in [0.25, 0.3) is 5.57 Å². The summed E-state index contributed by atoms with van der Waals surface area (Å²) in [6, 6.07) is 1.75. The maximum atomic E-state index is 11.8. The van der Waals surface area contributed by atoms with Crippen molar-refractivity contribution in [2.24, 2.45) is 0 Å². The largest absolute Gasteiger partial charge is 0.493 e. The number of amides is 1. The van der Waals surface area contributed by atoms with Crippen molar-refractivity contribution < 1.29 is 29.2 Å². The fourth-order valence-corrected chi connectivity index (χ4v) is 4.38. The molecule has 0 spiro atoms. The molecule has 1 aromatic carbocycles. The molecular formula is C21H29NO6. The summed E-state index contributed by atoms with van der Waals surface area (Å²) in [5.74, 6) is 1.56. The molecular weight excluding hydrogens is 362 g/mol. The van der Waals surface area contributed by atoms with Gasteiger partial charge in [-0.1, -0.05) is 0 Å². The number of aliphatic hydroxyl groups excluding tert-OH is 2. The van der Waals surface area contributed by atoms with Gasteiger partial charge in [-0.3, -0.25) is 4.79 Å². The third-order valence-electron chi connectivity index (χ3n) is 5.66. The van der Waals surface area contributed by atoms with Gasteiger partial charge in [-0.25, -0.2) is 0 Å². The fourth-order valence-electron chi connectivity index (χ4n) is 4.38. The first-order valence-corrected chi connectivity index (χ1v) is 9.58. The van der Waals surface area contributed by atoms with Crippen molar-refractivity contribution in [1.82, 2.24) is 5.32 Å². The minimum Gasteiger partial charge on any atom is -0.493 e. The second kappa shape index (κ2) is 8.41. The monoisotopic (exact) mass is 391 g/mol. The van der Waals surface area contributed by atoms with Crippen LogP contribution in [0.5, 0.6) is 17.2 Å². The lowest BCUT2D eigenvalue weighted by atomic mass is 9.90. The third-order valence-corrected chi connectivity index (χ3v) is 5.66. The first kappa shape index (κ1) is 20.5. The molecule has 0 bridgehead atoms. The molecule has 7 nitrogen and oxygen atoms in total. The molecule has 0 aliphatic heterocycles. The molecule has 0 saturated carbocycles. The summed E-state index contributed by atoms with van der Waals surface area (Å²) in [5, 5.41) is 23.7. The van der Waals surface area contributed by atoms with E-state index in [-0.39, 0.29) is 11.9 Å². The number of methoxy groups -OCH3 is 3. The Morgan fingerprint density at radius 1 is 1.04 bits per heavy atom. The van der Waals surface area contributed by atoms with Crippen LogP contribution in [0, 0.1) is 0 Å². The lowest BCUT2D eigenvalue weighted by Gasteiger charge is -2.24. The Morgan fingerprint density at radius 3 is 2.36 bits per heavy atom. The van der Waals surface area contributed by atoms with Crippen molar-refractivity contribution in [2.45, 2.75) is 57.3 Å². The first-order chi connectivity index (χ1) is 13.4. The summed E-state index contributed by atoms with van der Waals surface area (Å²) in [7, 11) is 4.75. The molecule has 3 atom stereocenters. The molecule has 2 aliphatic rings. The number of benzene rings is 1. The normalized spacial score (nSPS) is 24.4. The number of nitrogens with one attached hydrogen (secondary N) is 1. The molecule has 0 fully saturated rings. The molecule has 2 aliphatic carbocycles. The first-order valence-electron chi connectivity index (χ1n) is 9.58. The maximum Gasteiger partial charge on any atom is 0.217 e. The molecule has 0 radical (unpaired) electrons. The Hall–Kier alpha value is -2.25. The number of ether oxygens (including phenoxy) is 3. The van der Waals surface area contributed by atoms with Crippen molar-refractivity contribution in [3.63, 3.8) is 0 Å². The molecule has 28 heavy (non-hydrogen) atoms. The summed E-state index contributed by atoms with van der Waals surface area (Å²) < 4.78 is 16.8. The average Bonchev–Trinajstić information content (AvgIpc) is 2.90. The summed E-state index contributed by atoms with van der Waals surface area (Å²) in [6.45, 7) is 1.49. The van der Waals surface area contributed by atoms with Crippen LogP contribution < -0.4 is 19.5 Å². The zero-order valence-electron chi connectivity index (χ0n) is 16.9. The number of hydrogen-bond donors (Lipinski definition) is 3. The Kier molecular flexibility index (Phi) is 6.15. The number of carbonyl (C=O) groups is 1. The number of aliphatic hydroxyl groups is 2. The van der Waals surface area contributed by atoms with Gasteiger partial charge in [-0.05, 0) is 54.9 Å². The number of hydrogen-bond acceptors (Lipinski definition) is 6. The number of aryl methyl sites for hydroxylation is 1. The fraction of sp³-hybridized carbons (Fsp3) is 0.571. The van der Waals surface area contributed by atoms with Gasteiger partial charge in [0.2, 0.25) is 11.7 Å². The van der Waals surface area contributed by atoms with Crippen molar-refractivity contribution in [3.8, 4) is 17.2 Å². The molecule has 0 aromatic heterocycles. The highest BCUT2D eigenvalue weighted by Crippen LogP contribution is 2.49. The van der Waals surface area contributed by atoms with Gasteiger partial charge < -0.3 is 29.7 Å². The number of rotatable bonds is 4. The molecule has 0 saturated heterocycles. The zero-order chi connectivity index (χ0) is 20.4. The number of allylic oxidation sites excluding steroid dienone is 1. The SMILES string of the molecule is COc1cc2c(c(OC)c1OC)C1=C(C[C@H](O)[C@H](O)CC1)[C@H](NC(C)=O)CC2. The van der Waals surface area contributed by atoms with E-state index in [2.05, 4.69) is 5.32 Å². The van der Waals surface area contributed by atoms with Crippen LogP contribution in [-0.2, 0) is 11.2 Å². The molecule has 0 unspecified atom stereocenters. The third kappa shape index (κ3) is 3.69. The van der Waals surface area contributed by atoms with Crippen molar-refractivity contribution in [2.75, 3.05) is 21.3 Å². The topological polar surface area (TPSA) is 97.2 Å². The van der Waals surface area contributed by atoms with E-state index >= 15 is 0 Å². The van der Waals surface area contributed by atoms with Crippen LogP contribution in [0.15, 0.2) is 11.6 Å². The van der Waals surface area contributed by atoms with E-state index in [1.807, 2.05) is 6.07 Å². The molecule has 3 N–H and O–H groups in total. The smallest absolute Gasteiger partial charge is 0.217 e. The Bertz CT molecular complexity index is 788. The summed E-state index contributed by atoms with van der Waals surface area (Å²) in [6.07, 6.45) is 1.04. The number of fused-ring (bicyclic) bond motifs is 2. The molecule has 1 aromatic rings. The summed E-state index contributed by atoms with van der Waals surface area (Å²) in [5.41, 5.74) is 3.91. The van der Waals surface area contributed by atoms with Crippen LogP contribution in [0.3, 0.4) is 0 Å². The van der Waals surface area contributed by atoms with E-state index in [0.29, 0.717) is 49.4 Å². The molecule has 3 rings (SSSR count). The highest BCUT2D eigenvalue weighted by Gasteiger charge is 2.35. The zero-order valence-corrected chi connectivity index (χ0v) is 16.9. The maximum absolute atomic E-state index is 11.8. The van der Waals surface area contributed by atoms with Gasteiger partial charge in [-0.2, -0.15) is 0 Å². The Balaban J connectivity index is 2.26. The predicted molar refractivity (Wildman–Crippen MR) is 105 cm³/mol. The van der Waals surface area contributed by atoms with Gasteiger partial charge in [0.25, 0.3) is 0 Å². The van der Waals surface area contributed by atoms with Crippen LogP contribution in [0.1, 0.15) is 43.7 Å². The van der Waals surface area contributed by atoms with Crippen molar-refractivity contribution in [3.05, 3.63) is 22.8 Å². The van der Waals surface area contributed by atoms with Crippen LogP contribution in [-0.4, -0.2) is 55.7 Å². The van der Waals surface area contributed by atoms with Gasteiger partial charge in [-0.15, -0.1) is 0 Å². The number of carbonyl (C=O) groups excluding carboxylic acids is 1. The lowest BCUT2D eigenvalue weighted by molar-refractivity contribution is -0.119. The molecule has 154 valence electrons. The standard InChI is InChI=1S/C21H29NO6/c1-11(23)22-15-7-5-12-9-18(26-2)20(27-3)21(28-4)19(12)13-6-8-16(24)17(25)10-14(13)15/h9,15-17,24-25H,5-8,10H2,1-4H3,(H,22,23)/t15-,16-,17+/m1/s1. The van der Waals surface area contributed by atoms with E-state index in [9.17, 15) is 15.0 Å². The Morgan fingerprint density at radius 2 is 1.75 bits per heavy atom. The van der Waals surface area contributed by atoms with Crippen LogP contribution in [0.2, 0.25) is 0 Å². The van der Waals surface area contributed by atoms with Gasteiger partial charge in [0.1, 0.15) is 0 Å². The summed E-state index contributed by atoms with van der Waals surface area (Å²) in [4.78, 5) is 11.8.